The number of hydrogen-bond acceptors (Lipinski definition) is 4. The van der Waals surface area contributed by atoms with Gasteiger partial charge < -0.3 is 0 Å². The molecular formula is C19H11F6N5. The molecule has 0 aliphatic heterocycles. The standard InChI is InChI=1S/C19H11F6N5/c1-8-9-4-10(13(20)5-15(9)30-29-8)16-11(6-26)14(2-3-19(23,24)25)28-17(18(21)22)12(16)7-27/h4-5,18H,2-3H2,1H3,(H,29,30). The molecule has 0 aliphatic rings. The lowest BCUT2D eigenvalue weighted by Crippen LogP contribution is -2.13. The van der Waals surface area contributed by atoms with Crippen LogP contribution in [0.4, 0.5) is 26.3 Å². The number of hydrogen-bond donors (Lipinski definition) is 1. The van der Waals surface area contributed by atoms with E-state index in [1.165, 1.54) is 12.1 Å². The number of aryl methyl sites for hydroxylation is 2. The van der Waals surface area contributed by atoms with E-state index in [2.05, 4.69) is 15.2 Å². The Hall–Kier alpha value is -3.60. The van der Waals surface area contributed by atoms with Crippen LogP contribution >= 0.6 is 0 Å². The summed E-state index contributed by atoms with van der Waals surface area (Å²) >= 11 is 0. The van der Waals surface area contributed by atoms with Crippen molar-refractivity contribution >= 4 is 10.9 Å². The number of nitrogens with one attached hydrogen (secondary N) is 1. The minimum atomic E-state index is -4.63. The summed E-state index contributed by atoms with van der Waals surface area (Å²) in [4.78, 5) is 3.47. The van der Waals surface area contributed by atoms with Crippen molar-refractivity contribution in [1.29, 1.82) is 10.5 Å². The molecule has 0 spiro atoms. The van der Waals surface area contributed by atoms with E-state index in [1.54, 1.807) is 13.0 Å². The molecule has 11 heteroatoms. The van der Waals surface area contributed by atoms with Crippen LogP contribution in [0.15, 0.2) is 12.1 Å². The molecule has 0 saturated heterocycles. The summed E-state index contributed by atoms with van der Waals surface area (Å²) in [7, 11) is 0. The van der Waals surface area contributed by atoms with Crippen molar-refractivity contribution in [3.8, 4) is 23.3 Å². The summed E-state index contributed by atoms with van der Waals surface area (Å²) in [5.41, 5.74) is -3.18. The second-order valence-electron chi connectivity index (χ2n) is 6.39. The summed E-state index contributed by atoms with van der Waals surface area (Å²) in [5.74, 6) is -0.965. The highest BCUT2D eigenvalue weighted by molar-refractivity contribution is 5.89. The number of alkyl halides is 5. The Labute approximate surface area is 165 Å². The molecular weight excluding hydrogens is 412 g/mol. The molecule has 5 nitrogen and oxygen atoms in total. The smallest absolute Gasteiger partial charge is 0.277 e. The normalized spacial score (nSPS) is 11.7. The van der Waals surface area contributed by atoms with Gasteiger partial charge in [-0.15, -0.1) is 0 Å². The maximum absolute atomic E-state index is 14.8. The van der Waals surface area contributed by atoms with Crippen molar-refractivity contribution in [2.24, 2.45) is 0 Å². The molecule has 0 unspecified atom stereocenters. The first-order valence-electron chi connectivity index (χ1n) is 8.43. The van der Waals surface area contributed by atoms with E-state index < -0.39 is 59.3 Å². The summed E-state index contributed by atoms with van der Waals surface area (Å²) < 4.78 is 79.9. The molecule has 1 N–H and O–H groups in total. The quantitative estimate of drug-likeness (QED) is 0.581. The fourth-order valence-corrected chi connectivity index (χ4v) is 3.12. The number of fused-ring (bicyclic) bond motifs is 1. The first-order chi connectivity index (χ1) is 14.1. The van der Waals surface area contributed by atoms with Gasteiger partial charge in [-0.05, 0) is 19.4 Å². The third kappa shape index (κ3) is 3.79. The maximum atomic E-state index is 14.8. The van der Waals surface area contributed by atoms with Gasteiger partial charge in [0.15, 0.2) is 0 Å². The third-order valence-corrected chi connectivity index (χ3v) is 4.49. The van der Waals surface area contributed by atoms with Crippen molar-refractivity contribution < 1.29 is 26.3 Å². The minimum absolute atomic E-state index is 0.284. The van der Waals surface area contributed by atoms with Crippen molar-refractivity contribution in [3.05, 3.63) is 46.2 Å². The van der Waals surface area contributed by atoms with Crippen LogP contribution in [0.3, 0.4) is 0 Å². The predicted octanol–water partition coefficient (Wildman–Crippen LogP) is 5.25. The second-order valence-corrected chi connectivity index (χ2v) is 6.39. The van der Waals surface area contributed by atoms with Gasteiger partial charge in [0.25, 0.3) is 6.43 Å². The number of halogens is 6. The maximum Gasteiger partial charge on any atom is 0.389 e. The number of aromatic nitrogens is 3. The molecule has 3 rings (SSSR count). The van der Waals surface area contributed by atoms with Crippen LogP contribution in [0.2, 0.25) is 0 Å². The number of benzene rings is 1. The van der Waals surface area contributed by atoms with Crippen LogP contribution in [0.1, 0.15) is 41.1 Å². The van der Waals surface area contributed by atoms with Crippen molar-refractivity contribution in [2.75, 3.05) is 0 Å². The highest BCUT2D eigenvalue weighted by Crippen LogP contribution is 2.38. The largest absolute Gasteiger partial charge is 0.389 e. The number of aromatic amines is 1. The molecule has 2 aromatic heterocycles. The number of pyridine rings is 1. The molecule has 154 valence electrons. The van der Waals surface area contributed by atoms with E-state index in [-0.39, 0.29) is 11.1 Å². The number of H-pyrrole nitrogens is 1. The van der Waals surface area contributed by atoms with Gasteiger partial charge in [-0.2, -0.15) is 28.8 Å². The van der Waals surface area contributed by atoms with Gasteiger partial charge in [-0.3, -0.25) is 5.10 Å². The zero-order valence-corrected chi connectivity index (χ0v) is 15.2. The van der Waals surface area contributed by atoms with Gasteiger partial charge in [0, 0.05) is 29.0 Å². The van der Waals surface area contributed by atoms with Gasteiger partial charge in [0.05, 0.1) is 28.0 Å². The first kappa shape index (κ1) is 21.1. The van der Waals surface area contributed by atoms with Crippen LogP contribution < -0.4 is 0 Å². The van der Waals surface area contributed by atoms with Gasteiger partial charge in [0.1, 0.15) is 23.6 Å². The van der Waals surface area contributed by atoms with Crippen LogP contribution in [0.5, 0.6) is 0 Å². The van der Waals surface area contributed by atoms with Gasteiger partial charge in [0.2, 0.25) is 0 Å². The molecule has 0 aliphatic carbocycles. The number of nitriles is 2. The second kappa shape index (κ2) is 7.67. The molecule has 2 heterocycles. The highest BCUT2D eigenvalue weighted by Gasteiger charge is 2.31. The molecule has 0 amide bonds. The fraction of sp³-hybridized carbons (Fsp3) is 0.263. The highest BCUT2D eigenvalue weighted by atomic mass is 19.4. The zero-order valence-electron chi connectivity index (χ0n) is 15.2. The molecule has 0 atom stereocenters. The van der Waals surface area contributed by atoms with E-state index >= 15 is 0 Å². The van der Waals surface area contributed by atoms with Crippen molar-refractivity contribution in [3.63, 3.8) is 0 Å². The van der Waals surface area contributed by atoms with E-state index in [4.69, 9.17) is 0 Å². The van der Waals surface area contributed by atoms with Crippen LogP contribution in [-0.2, 0) is 6.42 Å². The van der Waals surface area contributed by atoms with Gasteiger partial charge in [-0.25, -0.2) is 18.2 Å². The van der Waals surface area contributed by atoms with Gasteiger partial charge >= 0.3 is 6.18 Å². The Kier molecular flexibility index (Phi) is 5.40. The number of nitrogens with zero attached hydrogens (tertiary/aromatic N) is 4. The van der Waals surface area contributed by atoms with E-state index in [1.807, 2.05) is 0 Å². The van der Waals surface area contributed by atoms with Gasteiger partial charge in [-0.1, -0.05) is 0 Å². The summed E-state index contributed by atoms with van der Waals surface area (Å²) in [6.07, 6.45) is -10.3. The van der Waals surface area contributed by atoms with E-state index in [0.29, 0.717) is 11.1 Å². The average Bonchev–Trinajstić information content (AvgIpc) is 3.03. The van der Waals surface area contributed by atoms with Crippen LogP contribution in [0, 0.1) is 35.4 Å². The molecule has 0 bridgehead atoms. The summed E-state index contributed by atoms with van der Waals surface area (Å²) in [5, 5.41) is 25.9. The molecule has 3 aromatic rings. The lowest BCUT2D eigenvalue weighted by molar-refractivity contribution is -0.134. The lowest BCUT2D eigenvalue weighted by Gasteiger charge is -2.16. The number of rotatable bonds is 4. The first-order valence-corrected chi connectivity index (χ1v) is 8.43. The van der Waals surface area contributed by atoms with Crippen molar-refractivity contribution in [2.45, 2.75) is 32.4 Å². The van der Waals surface area contributed by atoms with Crippen LogP contribution in [-0.4, -0.2) is 21.4 Å². The SMILES string of the molecule is Cc1n[nH]c2cc(F)c(-c3c(C#N)c(CCC(F)(F)F)nc(C(F)F)c3C#N)cc12. The Balaban J connectivity index is 2.38. The predicted molar refractivity (Wildman–Crippen MR) is 92.8 cm³/mol. The van der Waals surface area contributed by atoms with Crippen molar-refractivity contribution in [1.82, 2.24) is 15.2 Å². The van der Waals surface area contributed by atoms with E-state index in [9.17, 15) is 36.9 Å². The lowest BCUT2D eigenvalue weighted by atomic mass is 9.91. The molecule has 30 heavy (non-hydrogen) atoms. The molecule has 0 fully saturated rings. The summed E-state index contributed by atoms with van der Waals surface area (Å²) in [6.45, 7) is 1.59. The zero-order chi connectivity index (χ0) is 22.2. The molecule has 0 saturated carbocycles. The monoisotopic (exact) mass is 423 g/mol. The average molecular weight is 423 g/mol. The Morgan fingerprint density at radius 1 is 1.13 bits per heavy atom. The Bertz CT molecular complexity index is 1210. The topological polar surface area (TPSA) is 89.2 Å². The Morgan fingerprint density at radius 2 is 1.80 bits per heavy atom. The van der Waals surface area contributed by atoms with E-state index in [0.717, 1.165) is 6.07 Å². The van der Waals surface area contributed by atoms with Crippen LogP contribution in [0.25, 0.3) is 22.0 Å². The summed E-state index contributed by atoms with van der Waals surface area (Å²) in [6, 6.07) is 5.32. The molecule has 0 radical (unpaired) electrons. The third-order valence-electron chi connectivity index (χ3n) is 4.49. The molecule has 1 aromatic carbocycles. The Morgan fingerprint density at radius 3 is 2.37 bits per heavy atom. The minimum Gasteiger partial charge on any atom is -0.277 e. The fourth-order valence-electron chi connectivity index (χ4n) is 3.12.